The van der Waals surface area contributed by atoms with Crippen molar-refractivity contribution >= 4 is 5.97 Å². The summed E-state index contributed by atoms with van der Waals surface area (Å²) in [5.41, 5.74) is 3.41. The maximum atomic E-state index is 13.1. The molecule has 0 saturated carbocycles. The highest BCUT2D eigenvalue weighted by Gasteiger charge is 2.39. The summed E-state index contributed by atoms with van der Waals surface area (Å²) in [4.78, 5) is 13.1. The molecule has 1 aliphatic rings. The Hall–Kier alpha value is -1.83. The van der Waals surface area contributed by atoms with Crippen molar-refractivity contribution in [2.24, 2.45) is 5.92 Å². The summed E-state index contributed by atoms with van der Waals surface area (Å²) in [6.45, 7) is 10.7. The normalized spacial score (nSPS) is 20.2. The lowest BCUT2D eigenvalue weighted by Gasteiger charge is -2.39. The van der Waals surface area contributed by atoms with Gasteiger partial charge in [0.15, 0.2) is 0 Å². The van der Waals surface area contributed by atoms with Gasteiger partial charge in [0.05, 0.1) is 5.92 Å². The molecule has 0 bridgehead atoms. The lowest BCUT2D eigenvalue weighted by Crippen LogP contribution is -2.41. The zero-order valence-corrected chi connectivity index (χ0v) is 17.8. The van der Waals surface area contributed by atoms with Crippen molar-refractivity contribution < 1.29 is 9.53 Å². The molecule has 0 N–H and O–H groups in total. The van der Waals surface area contributed by atoms with Crippen molar-refractivity contribution in [3.8, 4) is 0 Å². The highest BCUT2D eigenvalue weighted by atomic mass is 16.6. The molecule has 2 heteroatoms. The molecule has 0 heterocycles. The third kappa shape index (κ3) is 6.09. The Morgan fingerprint density at radius 1 is 1.30 bits per heavy atom. The number of hydrogen-bond acceptors (Lipinski definition) is 2. The third-order valence-electron chi connectivity index (χ3n) is 5.92. The highest BCUT2D eigenvalue weighted by molar-refractivity contribution is 5.78. The number of carbonyl (C=O) groups excluding carboxylic acids is 1. The summed E-state index contributed by atoms with van der Waals surface area (Å²) >= 11 is 0. The Balaban J connectivity index is 2.19. The summed E-state index contributed by atoms with van der Waals surface area (Å²) in [5.74, 6) is 0.133. The van der Waals surface area contributed by atoms with Gasteiger partial charge in [0, 0.05) is 5.92 Å². The maximum Gasteiger partial charge on any atom is 0.313 e. The molecule has 0 aromatic heterocycles. The standard InChI is InChI=1S/C25H36O2/c1-6-23(21-12-8-7-9-13-21)24(26)27-25(5,18-10-11-19(2)3)22-16-14-20(4)15-17-22/h7-9,11-14,22-23H,6,10,15-18H2,1-5H3. The summed E-state index contributed by atoms with van der Waals surface area (Å²) in [6, 6.07) is 10.0. The van der Waals surface area contributed by atoms with E-state index < -0.39 is 5.60 Å². The van der Waals surface area contributed by atoms with Crippen LogP contribution in [0.5, 0.6) is 0 Å². The fourth-order valence-corrected chi connectivity index (χ4v) is 4.03. The second-order valence-corrected chi connectivity index (χ2v) is 8.45. The Morgan fingerprint density at radius 3 is 2.56 bits per heavy atom. The molecule has 27 heavy (non-hydrogen) atoms. The molecule has 3 unspecified atom stereocenters. The van der Waals surface area contributed by atoms with E-state index in [0.29, 0.717) is 5.92 Å². The zero-order valence-electron chi connectivity index (χ0n) is 17.8. The minimum atomic E-state index is -0.414. The Kier molecular flexibility index (Phi) is 7.89. The van der Waals surface area contributed by atoms with Crippen molar-refractivity contribution in [2.75, 3.05) is 0 Å². The topological polar surface area (TPSA) is 26.3 Å². The van der Waals surface area contributed by atoms with Gasteiger partial charge in [-0.15, -0.1) is 0 Å². The fraction of sp³-hybridized carbons (Fsp3) is 0.560. The van der Waals surface area contributed by atoms with Gasteiger partial charge >= 0.3 is 5.97 Å². The van der Waals surface area contributed by atoms with Crippen molar-refractivity contribution in [1.29, 1.82) is 0 Å². The van der Waals surface area contributed by atoms with E-state index in [0.717, 1.165) is 44.1 Å². The average molecular weight is 369 g/mol. The van der Waals surface area contributed by atoms with Crippen LogP contribution in [-0.2, 0) is 9.53 Å². The minimum Gasteiger partial charge on any atom is -0.459 e. The molecular weight excluding hydrogens is 332 g/mol. The number of rotatable bonds is 8. The molecule has 2 nitrogen and oxygen atoms in total. The van der Waals surface area contributed by atoms with Crippen LogP contribution in [0.3, 0.4) is 0 Å². The van der Waals surface area contributed by atoms with Gasteiger partial charge in [-0.1, -0.05) is 60.6 Å². The number of allylic oxidation sites excluding steroid dienone is 4. The Labute approximate surface area is 165 Å². The van der Waals surface area contributed by atoms with E-state index in [1.54, 1.807) is 0 Å². The number of esters is 1. The van der Waals surface area contributed by atoms with Crippen LogP contribution in [0.1, 0.15) is 84.6 Å². The first-order valence-corrected chi connectivity index (χ1v) is 10.4. The lowest BCUT2D eigenvalue weighted by molar-refractivity contribution is -0.167. The summed E-state index contributed by atoms with van der Waals surface area (Å²) < 4.78 is 6.30. The molecule has 0 saturated heterocycles. The lowest BCUT2D eigenvalue weighted by atomic mass is 9.76. The van der Waals surface area contributed by atoms with Gasteiger partial charge in [0.1, 0.15) is 5.60 Å². The van der Waals surface area contributed by atoms with Crippen molar-refractivity contribution in [1.82, 2.24) is 0 Å². The van der Waals surface area contributed by atoms with Crippen LogP contribution in [0.25, 0.3) is 0 Å². The monoisotopic (exact) mass is 368 g/mol. The molecule has 0 amide bonds. The first-order valence-electron chi connectivity index (χ1n) is 10.4. The minimum absolute atomic E-state index is 0.0744. The van der Waals surface area contributed by atoms with Crippen LogP contribution in [0.15, 0.2) is 53.6 Å². The quantitative estimate of drug-likeness (QED) is 0.365. The smallest absolute Gasteiger partial charge is 0.313 e. The van der Waals surface area contributed by atoms with Gasteiger partial charge in [0.25, 0.3) is 0 Å². The summed E-state index contributed by atoms with van der Waals surface area (Å²) in [5, 5.41) is 0. The van der Waals surface area contributed by atoms with E-state index in [1.807, 2.05) is 30.3 Å². The number of ether oxygens (including phenoxy) is 1. The van der Waals surface area contributed by atoms with Crippen molar-refractivity contribution in [3.63, 3.8) is 0 Å². The van der Waals surface area contributed by atoms with Gasteiger partial charge in [-0.25, -0.2) is 0 Å². The molecule has 148 valence electrons. The zero-order chi connectivity index (χ0) is 19.9. The van der Waals surface area contributed by atoms with Crippen LogP contribution in [0.4, 0.5) is 0 Å². The first kappa shape index (κ1) is 21.5. The van der Waals surface area contributed by atoms with E-state index >= 15 is 0 Å². The number of benzene rings is 1. The average Bonchev–Trinajstić information content (AvgIpc) is 2.63. The second-order valence-electron chi connectivity index (χ2n) is 8.45. The SMILES string of the molecule is CCC(C(=O)OC(C)(CCC=C(C)C)C1CC=C(C)CC1)c1ccccc1. The van der Waals surface area contributed by atoms with E-state index in [-0.39, 0.29) is 11.9 Å². The van der Waals surface area contributed by atoms with E-state index in [9.17, 15) is 4.79 Å². The molecule has 3 atom stereocenters. The first-order chi connectivity index (χ1) is 12.9. The predicted molar refractivity (Wildman–Crippen MR) is 114 cm³/mol. The molecule has 0 aliphatic heterocycles. The molecule has 2 rings (SSSR count). The molecule has 1 aromatic rings. The van der Waals surface area contributed by atoms with Gasteiger partial charge in [-0.3, -0.25) is 4.79 Å². The van der Waals surface area contributed by atoms with Crippen LogP contribution < -0.4 is 0 Å². The van der Waals surface area contributed by atoms with Gasteiger partial charge < -0.3 is 4.74 Å². The van der Waals surface area contributed by atoms with Crippen LogP contribution in [-0.4, -0.2) is 11.6 Å². The largest absolute Gasteiger partial charge is 0.459 e. The summed E-state index contributed by atoms with van der Waals surface area (Å²) in [7, 11) is 0. The van der Waals surface area contributed by atoms with E-state index in [1.165, 1.54) is 11.1 Å². The predicted octanol–water partition coefficient (Wildman–Crippen LogP) is 6.97. The molecule has 1 aromatic carbocycles. The number of hydrogen-bond donors (Lipinski definition) is 0. The highest BCUT2D eigenvalue weighted by Crippen LogP contribution is 2.39. The van der Waals surface area contributed by atoms with Crippen molar-refractivity contribution in [3.05, 3.63) is 59.2 Å². The van der Waals surface area contributed by atoms with E-state index in [2.05, 4.69) is 46.8 Å². The van der Waals surface area contributed by atoms with Crippen molar-refractivity contribution in [2.45, 2.75) is 84.7 Å². The number of carbonyl (C=O) groups is 1. The fourth-order valence-electron chi connectivity index (χ4n) is 4.03. The molecule has 0 radical (unpaired) electrons. The molecule has 0 spiro atoms. The van der Waals surface area contributed by atoms with Crippen LogP contribution in [0, 0.1) is 5.92 Å². The van der Waals surface area contributed by atoms with Gasteiger partial charge in [-0.05, 0) is 71.8 Å². The van der Waals surface area contributed by atoms with Gasteiger partial charge in [-0.2, -0.15) is 0 Å². The summed E-state index contributed by atoms with van der Waals surface area (Å²) in [6.07, 6.45) is 10.4. The molecule has 0 fully saturated rings. The van der Waals surface area contributed by atoms with Crippen LogP contribution in [0.2, 0.25) is 0 Å². The molecule has 1 aliphatic carbocycles. The Morgan fingerprint density at radius 2 is 2.00 bits per heavy atom. The molecular formula is C25H36O2. The second kappa shape index (κ2) is 9.92. The Bertz CT molecular complexity index is 667. The third-order valence-corrected chi connectivity index (χ3v) is 5.92. The maximum absolute atomic E-state index is 13.1. The van der Waals surface area contributed by atoms with Gasteiger partial charge in [0.2, 0.25) is 0 Å². The van der Waals surface area contributed by atoms with E-state index in [4.69, 9.17) is 4.74 Å². The van der Waals surface area contributed by atoms with Crippen LogP contribution >= 0.6 is 0 Å².